The molecular weight excluding hydrogens is 470 g/mol. The number of amides is 1. The summed E-state index contributed by atoms with van der Waals surface area (Å²) < 4.78 is 12.2. The first kappa shape index (κ1) is 25.3. The second-order valence-electron chi connectivity index (χ2n) is 6.95. The molecule has 0 unspecified atom stereocenters. The lowest BCUT2D eigenvalue weighted by molar-refractivity contribution is -0.112. The van der Waals surface area contributed by atoms with E-state index in [9.17, 15) is 10.1 Å². The number of nitrogens with one attached hydrogen (secondary N) is 1. The molecule has 0 spiro atoms. The Morgan fingerprint density at radius 3 is 2.38 bits per heavy atom. The van der Waals surface area contributed by atoms with Gasteiger partial charge in [0.05, 0.1) is 17.7 Å². The van der Waals surface area contributed by atoms with Crippen LogP contribution in [0.15, 0.2) is 46.4 Å². The lowest BCUT2D eigenvalue weighted by atomic mass is 10.1. The summed E-state index contributed by atoms with van der Waals surface area (Å²) in [6.45, 7) is 11.0. The lowest BCUT2D eigenvalue weighted by Gasteiger charge is -2.21. The molecule has 0 saturated heterocycles. The third-order valence-electron chi connectivity index (χ3n) is 4.71. The predicted molar refractivity (Wildman–Crippen MR) is 133 cm³/mol. The minimum atomic E-state index is -0.469. The molecular formula is C25H30BrN3O3. The Bertz CT molecular complexity index is 977. The Kier molecular flexibility index (Phi) is 10.1. The van der Waals surface area contributed by atoms with Crippen LogP contribution in [-0.2, 0) is 4.79 Å². The van der Waals surface area contributed by atoms with Gasteiger partial charge in [-0.3, -0.25) is 4.79 Å². The second kappa shape index (κ2) is 12.8. The molecule has 0 fully saturated rings. The summed E-state index contributed by atoms with van der Waals surface area (Å²) in [5.41, 5.74) is 2.37. The summed E-state index contributed by atoms with van der Waals surface area (Å²) in [7, 11) is 0. The number of nitriles is 1. The van der Waals surface area contributed by atoms with Crippen molar-refractivity contribution in [2.24, 2.45) is 0 Å². The van der Waals surface area contributed by atoms with Crippen molar-refractivity contribution >= 4 is 39.3 Å². The second-order valence-corrected chi connectivity index (χ2v) is 7.81. The molecule has 7 heteroatoms. The Morgan fingerprint density at radius 1 is 1.12 bits per heavy atom. The van der Waals surface area contributed by atoms with Crippen molar-refractivity contribution in [1.29, 1.82) is 5.26 Å². The predicted octanol–water partition coefficient (Wildman–Crippen LogP) is 6.03. The number of halogens is 1. The van der Waals surface area contributed by atoms with Crippen molar-refractivity contribution in [3.05, 3.63) is 52.0 Å². The quantitative estimate of drug-likeness (QED) is 0.301. The number of benzene rings is 2. The van der Waals surface area contributed by atoms with Crippen LogP contribution in [0.5, 0.6) is 11.5 Å². The molecule has 2 rings (SSSR count). The zero-order chi connectivity index (χ0) is 23.5. The molecule has 0 atom stereocenters. The zero-order valence-electron chi connectivity index (χ0n) is 19.1. The van der Waals surface area contributed by atoms with Crippen LogP contribution in [0.1, 0.15) is 39.7 Å². The molecule has 6 nitrogen and oxygen atoms in total. The van der Waals surface area contributed by atoms with Gasteiger partial charge in [0.2, 0.25) is 0 Å². The van der Waals surface area contributed by atoms with Crippen molar-refractivity contribution < 1.29 is 14.3 Å². The molecule has 0 saturated carbocycles. The Morgan fingerprint density at radius 2 is 1.81 bits per heavy atom. The van der Waals surface area contributed by atoms with E-state index in [2.05, 4.69) is 40.0 Å². The van der Waals surface area contributed by atoms with Crippen LogP contribution >= 0.6 is 15.9 Å². The summed E-state index contributed by atoms with van der Waals surface area (Å²) in [5.74, 6) is 0.705. The fraction of sp³-hybridized carbons (Fsp3) is 0.360. The van der Waals surface area contributed by atoms with Gasteiger partial charge < -0.3 is 19.7 Å². The molecule has 32 heavy (non-hydrogen) atoms. The minimum Gasteiger partial charge on any atom is -0.490 e. The topological polar surface area (TPSA) is 74.6 Å². The summed E-state index contributed by atoms with van der Waals surface area (Å²) in [6.07, 6.45) is 2.41. The van der Waals surface area contributed by atoms with E-state index in [1.807, 2.05) is 44.2 Å². The molecule has 170 valence electrons. The average molecular weight is 500 g/mol. The lowest BCUT2D eigenvalue weighted by Crippen LogP contribution is -2.21. The third kappa shape index (κ3) is 6.76. The summed E-state index contributed by atoms with van der Waals surface area (Å²) in [4.78, 5) is 14.9. The Labute approximate surface area is 199 Å². The van der Waals surface area contributed by atoms with Gasteiger partial charge in [0.1, 0.15) is 11.6 Å². The normalized spacial score (nSPS) is 10.9. The number of carbonyl (C=O) groups is 1. The Balaban J connectivity index is 2.24. The largest absolute Gasteiger partial charge is 0.490 e. The fourth-order valence-corrected chi connectivity index (χ4v) is 3.71. The highest BCUT2D eigenvalue weighted by Crippen LogP contribution is 2.37. The monoisotopic (exact) mass is 499 g/mol. The van der Waals surface area contributed by atoms with Crippen LogP contribution in [0.2, 0.25) is 0 Å². The number of hydrogen-bond acceptors (Lipinski definition) is 5. The standard InChI is InChI=1S/C25H30BrN3O3/c1-5-13-32-24-22(26)15-18(16-23(24)31-8-4)14-19(17-27)25(30)28-20-9-11-21(12-10-20)29(6-2)7-3/h9-12,14-16H,5-8,13H2,1-4H3,(H,28,30)/b19-14-. The molecule has 2 aromatic rings. The molecule has 1 amide bonds. The maximum absolute atomic E-state index is 12.7. The first-order valence-electron chi connectivity index (χ1n) is 10.8. The fourth-order valence-electron chi connectivity index (χ4n) is 3.14. The van der Waals surface area contributed by atoms with E-state index in [4.69, 9.17) is 9.47 Å². The highest BCUT2D eigenvalue weighted by atomic mass is 79.9. The molecule has 0 aromatic heterocycles. The van der Waals surface area contributed by atoms with Crippen LogP contribution in [0.3, 0.4) is 0 Å². The van der Waals surface area contributed by atoms with Gasteiger partial charge in [0, 0.05) is 24.5 Å². The molecule has 0 radical (unpaired) electrons. The number of rotatable bonds is 11. The number of nitrogens with zero attached hydrogens (tertiary/aromatic N) is 2. The molecule has 0 aliphatic rings. The molecule has 0 aliphatic carbocycles. The van der Waals surface area contributed by atoms with Gasteiger partial charge in [-0.15, -0.1) is 0 Å². The molecule has 0 aliphatic heterocycles. The van der Waals surface area contributed by atoms with Crippen molar-refractivity contribution in [2.75, 3.05) is 36.5 Å². The van der Waals surface area contributed by atoms with Crippen molar-refractivity contribution in [3.8, 4) is 17.6 Å². The zero-order valence-corrected chi connectivity index (χ0v) is 20.7. The summed E-state index contributed by atoms with van der Waals surface area (Å²) in [6, 6.07) is 13.2. The van der Waals surface area contributed by atoms with Gasteiger partial charge in [0.15, 0.2) is 11.5 Å². The number of ether oxygens (including phenoxy) is 2. The van der Waals surface area contributed by atoms with E-state index in [1.165, 1.54) is 6.08 Å². The summed E-state index contributed by atoms with van der Waals surface area (Å²) in [5, 5.41) is 12.4. The van der Waals surface area contributed by atoms with Crippen LogP contribution in [0.4, 0.5) is 11.4 Å². The van der Waals surface area contributed by atoms with E-state index in [-0.39, 0.29) is 5.57 Å². The van der Waals surface area contributed by atoms with Crippen molar-refractivity contribution in [3.63, 3.8) is 0 Å². The van der Waals surface area contributed by atoms with E-state index >= 15 is 0 Å². The molecule has 0 heterocycles. The molecule has 1 N–H and O–H groups in total. The van der Waals surface area contributed by atoms with Crippen LogP contribution < -0.4 is 19.7 Å². The minimum absolute atomic E-state index is 0.00519. The number of carbonyl (C=O) groups excluding carboxylic acids is 1. The van der Waals surface area contributed by atoms with Crippen LogP contribution in [-0.4, -0.2) is 32.2 Å². The first-order valence-corrected chi connectivity index (χ1v) is 11.6. The smallest absolute Gasteiger partial charge is 0.266 e. The van der Waals surface area contributed by atoms with E-state index in [1.54, 1.807) is 12.1 Å². The van der Waals surface area contributed by atoms with Gasteiger partial charge in [-0.2, -0.15) is 5.26 Å². The first-order chi connectivity index (χ1) is 15.5. The SMILES string of the molecule is CCCOc1c(Br)cc(/C=C(/C#N)C(=O)Nc2ccc(N(CC)CC)cc2)cc1OCC. The number of hydrogen-bond donors (Lipinski definition) is 1. The van der Waals surface area contributed by atoms with Crippen molar-refractivity contribution in [1.82, 2.24) is 0 Å². The van der Waals surface area contributed by atoms with Crippen molar-refractivity contribution in [2.45, 2.75) is 34.1 Å². The molecule has 0 bridgehead atoms. The Hall–Kier alpha value is -2.98. The van der Waals surface area contributed by atoms with E-state index < -0.39 is 5.91 Å². The number of anilines is 2. The highest BCUT2D eigenvalue weighted by Gasteiger charge is 2.14. The average Bonchev–Trinajstić information content (AvgIpc) is 2.79. The van der Waals surface area contributed by atoms with Gasteiger partial charge in [0.25, 0.3) is 5.91 Å². The van der Waals surface area contributed by atoms with E-state index in [0.29, 0.717) is 40.4 Å². The van der Waals surface area contributed by atoms with Gasteiger partial charge in [-0.1, -0.05) is 6.92 Å². The van der Waals surface area contributed by atoms with E-state index in [0.717, 1.165) is 25.2 Å². The van der Waals surface area contributed by atoms with Gasteiger partial charge >= 0.3 is 0 Å². The highest BCUT2D eigenvalue weighted by molar-refractivity contribution is 9.10. The maximum atomic E-state index is 12.7. The van der Waals surface area contributed by atoms with Gasteiger partial charge in [-0.25, -0.2) is 0 Å². The maximum Gasteiger partial charge on any atom is 0.266 e. The van der Waals surface area contributed by atoms with Crippen LogP contribution in [0.25, 0.3) is 6.08 Å². The third-order valence-corrected chi connectivity index (χ3v) is 5.30. The molecule has 2 aromatic carbocycles. The summed E-state index contributed by atoms with van der Waals surface area (Å²) >= 11 is 3.51. The van der Waals surface area contributed by atoms with Gasteiger partial charge in [-0.05, 0) is 91.2 Å². The van der Waals surface area contributed by atoms with Crippen LogP contribution in [0, 0.1) is 11.3 Å².